The number of aromatic amines is 1. The Morgan fingerprint density at radius 2 is 2.10 bits per heavy atom. The number of fused-ring (bicyclic) bond motifs is 1. The van der Waals surface area contributed by atoms with Crippen molar-refractivity contribution in [3.05, 3.63) is 40.7 Å². The standard InChI is InChI=1S/C21H28N6O2/c1-13(2)8-17-9-19(25-24-17)21(29)27-6-4-15(11-27)20-22-10-16-12-26(14(3)28)7-5-18(16)23-20/h9-10,13,15H,4-8,11-12H2,1-3H3,(H,24,25). The number of carbonyl (C=O) groups excluding carboxylic acids is 2. The van der Waals surface area contributed by atoms with Crippen LogP contribution in [0.15, 0.2) is 12.3 Å². The van der Waals surface area contributed by atoms with Gasteiger partial charge in [-0.15, -0.1) is 0 Å². The molecule has 1 fully saturated rings. The highest BCUT2D eigenvalue weighted by molar-refractivity contribution is 5.92. The summed E-state index contributed by atoms with van der Waals surface area (Å²) in [4.78, 5) is 37.4. The van der Waals surface area contributed by atoms with Gasteiger partial charge in [0.2, 0.25) is 5.91 Å². The molecule has 0 aliphatic carbocycles. The molecule has 0 spiro atoms. The largest absolute Gasteiger partial charge is 0.338 e. The van der Waals surface area contributed by atoms with Crippen LogP contribution < -0.4 is 0 Å². The van der Waals surface area contributed by atoms with E-state index in [4.69, 9.17) is 4.98 Å². The van der Waals surface area contributed by atoms with Crippen LogP contribution in [0.1, 0.15) is 66.4 Å². The Morgan fingerprint density at radius 3 is 2.86 bits per heavy atom. The summed E-state index contributed by atoms with van der Waals surface area (Å²) in [5, 5.41) is 7.19. The molecule has 2 aromatic rings. The molecule has 0 saturated carbocycles. The number of rotatable bonds is 4. The van der Waals surface area contributed by atoms with Gasteiger partial charge in [-0.3, -0.25) is 14.7 Å². The molecule has 4 rings (SSSR count). The van der Waals surface area contributed by atoms with Gasteiger partial charge in [0, 0.05) is 62.9 Å². The van der Waals surface area contributed by atoms with Gasteiger partial charge in [-0.1, -0.05) is 13.8 Å². The summed E-state index contributed by atoms with van der Waals surface area (Å²) in [5.74, 6) is 1.51. The lowest BCUT2D eigenvalue weighted by Crippen LogP contribution is -2.35. The SMILES string of the molecule is CC(=O)N1CCc2nc(C3CCN(C(=O)c4cc(CC(C)C)[nH]n4)C3)ncc2C1. The van der Waals surface area contributed by atoms with Crippen LogP contribution in [0.3, 0.4) is 0 Å². The van der Waals surface area contributed by atoms with Gasteiger partial charge in [0.1, 0.15) is 11.5 Å². The van der Waals surface area contributed by atoms with E-state index in [0.29, 0.717) is 37.8 Å². The van der Waals surface area contributed by atoms with E-state index in [1.165, 1.54) is 0 Å². The van der Waals surface area contributed by atoms with Crippen molar-refractivity contribution in [1.82, 2.24) is 30.0 Å². The molecule has 0 aromatic carbocycles. The molecular weight excluding hydrogens is 368 g/mol. The van der Waals surface area contributed by atoms with Crippen LogP contribution >= 0.6 is 0 Å². The maximum absolute atomic E-state index is 12.8. The lowest BCUT2D eigenvalue weighted by Gasteiger charge is -2.27. The fraction of sp³-hybridized carbons (Fsp3) is 0.571. The van der Waals surface area contributed by atoms with Crippen molar-refractivity contribution in [2.24, 2.45) is 5.92 Å². The fourth-order valence-corrected chi connectivity index (χ4v) is 4.13. The summed E-state index contributed by atoms with van der Waals surface area (Å²) < 4.78 is 0. The van der Waals surface area contributed by atoms with Crippen molar-refractivity contribution >= 4 is 11.8 Å². The summed E-state index contributed by atoms with van der Waals surface area (Å²) in [6, 6.07) is 1.87. The van der Waals surface area contributed by atoms with Gasteiger partial charge in [-0.25, -0.2) is 9.97 Å². The van der Waals surface area contributed by atoms with Crippen LogP contribution in [0, 0.1) is 5.92 Å². The highest BCUT2D eigenvalue weighted by Crippen LogP contribution is 2.27. The second-order valence-corrected chi connectivity index (χ2v) is 8.50. The lowest BCUT2D eigenvalue weighted by molar-refractivity contribution is -0.129. The van der Waals surface area contributed by atoms with Crippen molar-refractivity contribution in [3.63, 3.8) is 0 Å². The van der Waals surface area contributed by atoms with Crippen LogP contribution in [0.25, 0.3) is 0 Å². The van der Waals surface area contributed by atoms with E-state index in [9.17, 15) is 9.59 Å². The molecule has 0 bridgehead atoms. The molecule has 2 aliphatic rings. The molecule has 154 valence electrons. The number of nitrogens with one attached hydrogen (secondary N) is 1. The first-order valence-electron chi connectivity index (χ1n) is 10.3. The molecule has 8 nitrogen and oxygen atoms in total. The van der Waals surface area contributed by atoms with E-state index in [2.05, 4.69) is 29.0 Å². The number of hydrogen-bond donors (Lipinski definition) is 1. The summed E-state index contributed by atoms with van der Waals surface area (Å²) >= 11 is 0. The minimum atomic E-state index is -0.0335. The van der Waals surface area contributed by atoms with E-state index in [1.807, 2.05) is 22.1 Å². The maximum Gasteiger partial charge on any atom is 0.274 e. The van der Waals surface area contributed by atoms with Gasteiger partial charge in [0.05, 0.1) is 5.69 Å². The minimum Gasteiger partial charge on any atom is -0.338 e. The summed E-state index contributed by atoms with van der Waals surface area (Å²) in [6.45, 7) is 8.46. The second kappa shape index (κ2) is 7.93. The third-order valence-electron chi connectivity index (χ3n) is 5.72. The second-order valence-electron chi connectivity index (χ2n) is 8.50. The van der Waals surface area contributed by atoms with Crippen molar-refractivity contribution in [1.29, 1.82) is 0 Å². The molecule has 2 aliphatic heterocycles. The van der Waals surface area contributed by atoms with Crippen LogP contribution in [-0.4, -0.2) is 61.4 Å². The Morgan fingerprint density at radius 1 is 1.28 bits per heavy atom. The predicted octanol–water partition coefficient (Wildman–Crippen LogP) is 1.93. The fourth-order valence-electron chi connectivity index (χ4n) is 4.13. The summed E-state index contributed by atoms with van der Waals surface area (Å²) in [7, 11) is 0. The number of carbonyl (C=O) groups is 2. The molecule has 0 radical (unpaired) electrons. The Balaban J connectivity index is 1.41. The van der Waals surface area contributed by atoms with Gasteiger partial charge in [0.15, 0.2) is 0 Å². The van der Waals surface area contributed by atoms with Crippen LogP contribution in [0.2, 0.25) is 0 Å². The van der Waals surface area contributed by atoms with E-state index >= 15 is 0 Å². The average Bonchev–Trinajstić information content (AvgIpc) is 3.36. The molecule has 1 N–H and O–H groups in total. The normalized spacial score (nSPS) is 19.0. The van der Waals surface area contributed by atoms with Crippen LogP contribution in [0.5, 0.6) is 0 Å². The number of amides is 2. The topological polar surface area (TPSA) is 95.1 Å². The van der Waals surface area contributed by atoms with Crippen LogP contribution in [-0.2, 0) is 24.2 Å². The summed E-state index contributed by atoms with van der Waals surface area (Å²) in [5.41, 5.74) is 3.53. The first-order valence-corrected chi connectivity index (χ1v) is 10.3. The molecule has 29 heavy (non-hydrogen) atoms. The number of H-pyrrole nitrogens is 1. The molecular formula is C21H28N6O2. The first kappa shape index (κ1) is 19.5. The van der Waals surface area contributed by atoms with Gasteiger partial charge in [-0.05, 0) is 24.8 Å². The third kappa shape index (κ3) is 4.16. The van der Waals surface area contributed by atoms with E-state index in [1.54, 1.807) is 6.92 Å². The zero-order valence-corrected chi connectivity index (χ0v) is 17.3. The molecule has 2 aromatic heterocycles. The highest BCUT2D eigenvalue weighted by atomic mass is 16.2. The molecule has 1 saturated heterocycles. The smallest absolute Gasteiger partial charge is 0.274 e. The average molecular weight is 396 g/mol. The Hall–Kier alpha value is -2.77. The van der Waals surface area contributed by atoms with Crippen LogP contribution in [0.4, 0.5) is 0 Å². The number of hydrogen-bond acceptors (Lipinski definition) is 5. The first-order chi connectivity index (χ1) is 13.9. The lowest BCUT2D eigenvalue weighted by atomic mass is 10.0. The van der Waals surface area contributed by atoms with Crippen molar-refractivity contribution < 1.29 is 9.59 Å². The van der Waals surface area contributed by atoms with E-state index < -0.39 is 0 Å². The molecule has 4 heterocycles. The number of nitrogens with zero attached hydrogens (tertiary/aromatic N) is 5. The maximum atomic E-state index is 12.8. The van der Waals surface area contributed by atoms with Gasteiger partial charge >= 0.3 is 0 Å². The molecule has 1 unspecified atom stereocenters. The van der Waals surface area contributed by atoms with Gasteiger partial charge < -0.3 is 9.80 Å². The quantitative estimate of drug-likeness (QED) is 0.852. The van der Waals surface area contributed by atoms with E-state index in [-0.39, 0.29) is 17.7 Å². The van der Waals surface area contributed by atoms with Crippen molar-refractivity contribution in [2.75, 3.05) is 19.6 Å². The minimum absolute atomic E-state index is 0.0335. The Bertz CT molecular complexity index is 922. The zero-order valence-electron chi connectivity index (χ0n) is 17.3. The van der Waals surface area contributed by atoms with E-state index in [0.717, 1.165) is 42.0 Å². The highest BCUT2D eigenvalue weighted by Gasteiger charge is 2.31. The number of likely N-dealkylation sites (tertiary alicyclic amines) is 1. The Labute approximate surface area is 170 Å². The zero-order chi connectivity index (χ0) is 20.5. The summed E-state index contributed by atoms with van der Waals surface area (Å²) in [6.07, 6.45) is 4.34. The molecule has 1 atom stereocenters. The predicted molar refractivity (Wildman–Crippen MR) is 107 cm³/mol. The van der Waals surface area contributed by atoms with Gasteiger partial charge in [0.25, 0.3) is 5.91 Å². The number of aromatic nitrogens is 4. The van der Waals surface area contributed by atoms with Gasteiger partial charge in [-0.2, -0.15) is 5.10 Å². The monoisotopic (exact) mass is 396 g/mol. The van der Waals surface area contributed by atoms with Crippen molar-refractivity contribution in [2.45, 2.75) is 52.5 Å². The molecule has 2 amide bonds. The third-order valence-corrected chi connectivity index (χ3v) is 5.72. The molecule has 8 heteroatoms. The Kier molecular flexibility index (Phi) is 5.34. The van der Waals surface area contributed by atoms with Crippen molar-refractivity contribution in [3.8, 4) is 0 Å².